The first-order valence-electron chi connectivity index (χ1n) is 9.34. The number of nitrogens with one attached hydrogen (secondary N) is 1. The van der Waals surface area contributed by atoms with Crippen molar-refractivity contribution in [2.45, 2.75) is 32.6 Å². The number of carbonyl (C=O) groups excluding carboxylic acids is 1. The van der Waals surface area contributed by atoms with E-state index in [9.17, 15) is 4.79 Å². The first-order valence-corrected chi connectivity index (χ1v) is 10.2. The van der Waals surface area contributed by atoms with Gasteiger partial charge in [0.2, 0.25) is 11.8 Å². The molecule has 5 nitrogen and oxygen atoms in total. The van der Waals surface area contributed by atoms with Crippen LogP contribution in [0.3, 0.4) is 0 Å². The summed E-state index contributed by atoms with van der Waals surface area (Å²) in [5, 5.41) is 4.94. The lowest BCUT2D eigenvalue weighted by Gasteiger charge is -2.28. The lowest BCUT2D eigenvalue weighted by molar-refractivity contribution is -0.115. The molecule has 0 aliphatic carbocycles. The van der Waals surface area contributed by atoms with Gasteiger partial charge >= 0.3 is 0 Å². The second-order valence-electron chi connectivity index (χ2n) is 6.82. The Morgan fingerprint density at radius 2 is 1.96 bits per heavy atom. The van der Waals surface area contributed by atoms with Crippen molar-refractivity contribution >= 4 is 28.6 Å². The van der Waals surface area contributed by atoms with E-state index in [-0.39, 0.29) is 12.3 Å². The summed E-state index contributed by atoms with van der Waals surface area (Å²) in [7, 11) is 0. The maximum Gasteiger partial charge on any atom is 0.236 e. The third-order valence-electron chi connectivity index (χ3n) is 4.82. The number of amides is 1. The average molecular weight is 382 g/mol. The van der Waals surface area contributed by atoms with E-state index >= 15 is 0 Å². The van der Waals surface area contributed by atoms with Crippen LogP contribution in [0.4, 0.5) is 11.4 Å². The van der Waals surface area contributed by atoms with E-state index in [1.807, 2.05) is 36.6 Å². The molecule has 1 amide bonds. The maximum atomic E-state index is 12.4. The van der Waals surface area contributed by atoms with Gasteiger partial charge in [0, 0.05) is 24.5 Å². The van der Waals surface area contributed by atoms with Crippen molar-refractivity contribution in [1.29, 1.82) is 0 Å². The number of carbonyl (C=O) groups is 1. The van der Waals surface area contributed by atoms with Gasteiger partial charge in [-0.2, -0.15) is 0 Å². The van der Waals surface area contributed by atoms with Crippen molar-refractivity contribution in [2.75, 3.05) is 23.3 Å². The molecular weight excluding hydrogens is 358 g/mol. The first-order chi connectivity index (χ1) is 13.2. The molecule has 1 aliphatic heterocycles. The van der Waals surface area contributed by atoms with Gasteiger partial charge in [-0.15, -0.1) is 11.3 Å². The highest BCUT2D eigenvalue weighted by molar-refractivity contribution is 7.13. The predicted octanol–water partition coefficient (Wildman–Crippen LogP) is 4.88. The number of nitrogens with zero attached hydrogens (tertiary/aromatic N) is 2. The zero-order valence-electron chi connectivity index (χ0n) is 15.4. The third kappa shape index (κ3) is 4.22. The molecule has 0 saturated carbocycles. The van der Waals surface area contributed by atoms with Gasteiger partial charge in [-0.05, 0) is 61.9 Å². The molecule has 1 aromatic carbocycles. The molecule has 0 bridgehead atoms. The lowest BCUT2D eigenvalue weighted by atomic mass is 10.1. The van der Waals surface area contributed by atoms with E-state index in [1.54, 1.807) is 11.3 Å². The molecule has 1 saturated heterocycles. The Labute approximate surface area is 163 Å². The first kappa shape index (κ1) is 17.8. The van der Waals surface area contributed by atoms with E-state index in [4.69, 9.17) is 4.42 Å². The predicted molar refractivity (Wildman–Crippen MR) is 109 cm³/mol. The van der Waals surface area contributed by atoms with Crippen molar-refractivity contribution < 1.29 is 9.21 Å². The number of rotatable bonds is 5. The summed E-state index contributed by atoms with van der Waals surface area (Å²) in [5.74, 6) is 1.18. The fraction of sp³-hybridized carbons (Fsp3) is 0.333. The van der Waals surface area contributed by atoms with Crippen molar-refractivity contribution in [3.63, 3.8) is 0 Å². The average Bonchev–Trinajstić information content (AvgIpc) is 3.33. The molecule has 140 valence electrons. The van der Waals surface area contributed by atoms with E-state index in [2.05, 4.69) is 27.3 Å². The highest BCUT2D eigenvalue weighted by Gasteiger charge is 2.16. The molecule has 3 heterocycles. The van der Waals surface area contributed by atoms with Gasteiger partial charge in [0.1, 0.15) is 5.76 Å². The van der Waals surface area contributed by atoms with Crippen LogP contribution in [0.1, 0.15) is 30.7 Å². The smallest absolute Gasteiger partial charge is 0.236 e. The molecule has 1 aliphatic rings. The van der Waals surface area contributed by atoms with Crippen molar-refractivity contribution in [3.8, 4) is 10.8 Å². The standard InChI is InChI=1S/C21H23N3O2S/c1-15-18(23-21(26-15)19-6-5-13-27-19)14-20(25)22-16-7-9-17(10-8-16)24-11-3-2-4-12-24/h5-10,13H,2-4,11-12,14H2,1H3,(H,22,25). The zero-order valence-corrected chi connectivity index (χ0v) is 16.2. The number of thiophene rings is 1. The van der Waals surface area contributed by atoms with Crippen LogP contribution >= 0.6 is 11.3 Å². The summed E-state index contributed by atoms with van der Waals surface area (Å²) in [6, 6.07) is 12.0. The minimum atomic E-state index is -0.0881. The number of oxazole rings is 1. The largest absolute Gasteiger partial charge is 0.440 e. The molecule has 0 atom stereocenters. The van der Waals surface area contributed by atoms with E-state index in [0.717, 1.165) is 23.7 Å². The fourth-order valence-electron chi connectivity index (χ4n) is 3.36. The number of aromatic nitrogens is 1. The summed E-state index contributed by atoms with van der Waals surface area (Å²) in [5.41, 5.74) is 2.71. The Morgan fingerprint density at radius 1 is 1.19 bits per heavy atom. The van der Waals surface area contributed by atoms with Gasteiger partial charge in [-0.1, -0.05) is 6.07 Å². The Balaban J connectivity index is 1.38. The van der Waals surface area contributed by atoms with Crippen LogP contribution in [0, 0.1) is 6.92 Å². The Bertz CT molecular complexity index is 894. The number of hydrogen-bond acceptors (Lipinski definition) is 5. The van der Waals surface area contributed by atoms with Crippen LogP contribution in [0.25, 0.3) is 10.8 Å². The summed E-state index contributed by atoms with van der Waals surface area (Å²) >= 11 is 1.57. The van der Waals surface area contributed by atoms with Crippen molar-refractivity contribution in [2.24, 2.45) is 0 Å². The van der Waals surface area contributed by atoms with E-state index in [1.165, 1.54) is 24.9 Å². The molecule has 0 spiro atoms. The van der Waals surface area contributed by atoms with Crippen LogP contribution in [0.2, 0.25) is 0 Å². The SMILES string of the molecule is Cc1oc(-c2cccs2)nc1CC(=O)Nc1ccc(N2CCCCC2)cc1. The summed E-state index contributed by atoms with van der Waals surface area (Å²) < 4.78 is 5.71. The van der Waals surface area contributed by atoms with E-state index < -0.39 is 0 Å². The second-order valence-corrected chi connectivity index (χ2v) is 7.77. The molecule has 1 fully saturated rings. The van der Waals surface area contributed by atoms with Crippen molar-refractivity contribution in [1.82, 2.24) is 4.98 Å². The van der Waals surface area contributed by atoms with Crippen LogP contribution in [0.15, 0.2) is 46.2 Å². The molecule has 1 N–H and O–H groups in total. The maximum absolute atomic E-state index is 12.4. The second kappa shape index (κ2) is 7.96. The van der Waals surface area contributed by atoms with E-state index in [0.29, 0.717) is 17.3 Å². The topological polar surface area (TPSA) is 58.4 Å². The zero-order chi connectivity index (χ0) is 18.6. The van der Waals surface area contributed by atoms with Gasteiger partial charge in [-0.3, -0.25) is 4.79 Å². The fourth-order valence-corrected chi connectivity index (χ4v) is 4.01. The number of benzene rings is 1. The van der Waals surface area contributed by atoms with Gasteiger partial charge in [-0.25, -0.2) is 4.98 Å². The highest BCUT2D eigenvalue weighted by atomic mass is 32.1. The quantitative estimate of drug-likeness (QED) is 0.684. The molecule has 0 unspecified atom stereocenters. The van der Waals surface area contributed by atoms with Crippen molar-refractivity contribution in [3.05, 3.63) is 53.2 Å². The molecular formula is C21H23N3O2S. The van der Waals surface area contributed by atoms with Crippen LogP contribution < -0.4 is 10.2 Å². The number of aryl methyl sites for hydroxylation is 1. The highest BCUT2D eigenvalue weighted by Crippen LogP contribution is 2.26. The Hall–Kier alpha value is -2.60. The van der Waals surface area contributed by atoms with Gasteiger partial charge in [0.05, 0.1) is 17.0 Å². The van der Waals surface area contributed by atoms with Gasteiger partial charge in [0.15, 0.2) is 0 Å². The molecule has 27 heavy (non-hydrogen) atoms. The van der Waals surface area contributed by atoms with Crippen LogP contribution in [-0.4, -0.2) is 24.0 Å². The molecule has 3 aromatic rings. The number of hydrogen-bond donors (Lipinski definition) is 1. The number of anilines is 2. The van der Waals surface area contributed by atoms with Crippen LogP contribution in [0.5, 0.6) is 0 Å². The number of piperidine rings is 1. The van der Waals surface area contributed by atoms with Gasteiger partial charge < -0.3 is 14.6 Å². The monoisotopic (exact) mass is 381 g/mol. The summed E-state index contributed by atoms with van der Waals surface area (Å²) in [6.45, 7) is 4.08. The summed E-state index contributed by atoms with van der Waals surface area (Å²) in [4.78, 5) is 20.3. The molecule has 0 radical (unpaired) electrons. The Kier molecular flexibility index (Phi) is 5.25. The van der Waals surface area contributed by atoms with Gasteiger partial charge in [0.25, 0.3) is 0 Å². The molecule has 4 rings (SSSR count). The molecule has 2 aromatic heterocycles. The summed E-state index contributed by atoms with van der Waals surface area (Å²) in [6.07, 6.45) is 4.03. The van der Waals surface area contributed by atoms with Crippen LogP contribution in [-0.2, 0) is 11.2 Å². The normalized spacial score (nSPS) is 14.3. The lowest BCUT2D eigenvalue weighted by Crippen LogP contribution is -2.29. The minimum Gasteiger partial charge on any atom is -0.440 e. The third-order valence-corrected chi connectivity index (χ3v) is 5.68. The minimum absolute atomic E-state index is 0.0881. The Morgan fingerprint density at radius 3 is 2.67 bits per heavy atom. The molecule has 6 heteroatoms.